The fourth-order valence-corrected chi connectivity index (χ4v) is 3.84. The molecule has 4 aromatic rings. The Labute approximate surface area is 186 Å². The van der Waals surface area contributed by atoms with Crippen LogP contribution in [0.4, 0.5) is 26.3 Å². The van der Waals surface area contributed by atoms with Gasteiger partial charge in [-0.2, -0.15) is 8.78 Å². The predicted molar refractivity (Wildman–Crippen MR) is 115 cm³/mol. The first-order chi connectivity index (χ1) is 15.8. The second-order valence-electron chi connectivity index (χ2n) is 7.61. The molecule has 0 aliphatic heterocycles. The number of hydrogen-bond acceptors (Lipinski definition) is 1. The van der Waals surface area contributed by atoms with Crippen molar-refractivity contribution in [1.29, 1.82) is 0 Å². The zero-order valence-corrected chi connectivity index (χ0v) is 17.4. The molecular formula is C26H18F6O. The topological polar surface area (TPSA) is 9.23 Å². The summed E-state index contributed by atoms with van der Waals surface area (Å²) in [7, 11) is 0. The largest absolute Gasteiger partial charge is 0.429 e. The van der Waals surface area contributed by atoms with Gasteiger partial charge in [-0.25, -0.2) is 17.6 Å². The van der Waals surface area contributed by atoms with Gasteiger partial charge in [0.1, 0.15) is 11.6 Å². The van der Waals surface area contributed by atoms with E-state index in [-0.39, 0.29) is 5.56 Å². The summed E-state index contributed by atoms with van der Waals surface area (Å²) < 4.78 is 86.3. The molecule has 0 aliphatic rings. The first-order valence-corrected chi connectivity index (χ1v) is 10.2. The highest BCUT2D eigenvalue weighted by Crippen LogP contribution is 2.35. The van der Waals surface area contributed by atoms with Crippen molar-refractivity contribution in [3.05, 3.63) is 89.5 Å². The molecule has 0 spiro atoms. The fraction of sp³-hybridized carbons (Fsp3) is 0.154. The number of benzene rings is 4. The third kappa shape index (κ3) is 4.67. The van der Waals surface area contributed by atoms with Gasteiger partial charge in [0, 0.05) is 0 Å². The molecule has 4 rings (SSSR count). The average molecular weight is 460 g/mol. The SMILES string of the molecule is CCCc1ccc2cc(-c3cc(F)c(-c4cc(F)c(OC(F)F)c(F)c4)c(F)c3)ccc2c1. The van der Waals surface area contributed by atoms with Crippen molar-refractivity contribution in [2.45, 2.75) is 26.4 Å². The summed E-state index contributed by atoms with van der Waals surface area (Å²) in [6.07, 6.45) is 1.97. The number of ether oxygens (including phenoxy) is 1. The molecule has 0 unspecified atom stereocenters. The number of aryl methyl sites for hydroxylation is 1. The minimum Gasteiger partial charge on any atom is -0.429 e. The Morgan fingerprint density at radius 3 is 1.85 bits per heavy atom. The van der Waals surface area contributed by atoms with Gasteiger partial charge >= 0.3 is 6.61 Å². The Bertz CT molecular complexity index is 1290. The molecule has 0 radical (unpaired) electrons. The van der Waals surface area contributed by atoms with Crippen LogP contribution in [0, 0.1) is 23.3 Å². The molecule has 0 aromatic heterocycles. The monoisotopic (exact) mass is 460 g/mol. The van der Waals surface area contributed by atoms with E-state index in [2.05, 4.69) is 17.7 Å². The number of rotatable bonds is 6. The highest BCUT2D eigenvalue weighted by molar-refractivity contribution is 5.88. The lowest BCUT2D eigenvalue weighted by Gasteiger charge is -2.12. The summed E-state index contributed by atoms with van der Waals surface area (Å²) in [5.74, 6) is -6.41. The summed E-state index contributed by atoms with van der Waals surface area (Å²) in [6, 6.07) is 14.6. The summed E-state index contributed by atoms with van der Waals surface area (Å²) in [4.78, 5) is 0. The number of halogens is 6. The Balaban J connectivity index is 1.73. The van der Waals surface area contributed by atoms with Gasteiger partial charge < -0.3 is 4.74 Å². The lowest BCUT2D eigenvalue weighted by molar-refractivity contribution is -0.0546. The van der Waals surface area contributed by atoms with Crippen molar-refractivity contribution >= 4 is 10.8 Å². The van der Waals surface area contributed by atoms with Crippen LogP contribution in [-0.4, -0.2) is 6.61 Å². The maximum absolute atomic E-state index is 14.9. The second kappa shape index (κ2) is 9.17. The van der Waals surface area contributed by atoms with Crippen LogP contribution in [0.5, 0.6) is 5.75 Å². The van der Waals surface area contributed by atoms with Crippen LogP contribution < -0.4 is 4.74 Å². The standard InChI is InChI=1S/C26H18F6O/c1-2-3-14-4-5-16-9-17(7-6-15(16)8-14)18-10-20(27)24(21(28)11-18)19-12-22(29)25(23(30)13-19)33-26(31)32/h4-13,26H,2-3H2,1H3. The van der Waals surface area contributed by atoms with E-state index in [9.17, 15) is 26.3 Å². The normalized spacial score (nSPS) is 11.4. The molecule has 0 amide bonds. The zero-order valence-electron chi connectivity index (χ0n) is 17.4. The van der Waals surface area contributed by atoms with Crippen molar-refractivity contribution in [2.75, 3.05) is 0 Å². The van der Waals surface area contributed by atoms with E-state index < -0.39 is 46.8 Å². The highest BCUT2D eigenvalue weighted by atomic mass is 19.3. The van der Waals surface area contributed by atoms with Crippen LogP contribution in [0.1, 0.15) is 18.9 Å². The van der Waals surface area contributed by atoms with Crippen molar-refractivity contribution in [3.8, 4) is 28.0 Å². The molecule has 0 saturated carbocycles. The lowest BCUT2D eigenvalue weighted by atomic mass is 9.96. The van der Waals surface area contributed by atoms with Crippen LogP contribution >= 0.6 is 0 Å². The molecule has 7 heteroatoms. The van der Waals surface area contributed by atoms with E-state index in [1.54, 1.807) is 12.1 Å². The molecule has 170 valence electrons. The molecule has 0 fully saturated rings. The Morgan fingerprint density at radius 1 is 0.667 bits per heavy atom. The summed E-state index contributed by atoms with van der Waals surface area (Å²) >= 11 is 0. The summed E-state index contributed by atoms with van der Waals surface area (Å²) in [6.45, 7) is -1.36. The lowest BCUT2D eigenvalue weighted by Crippen LogP contribution is -2.06. The van der Waals surface area contributed by atoms with Gasteiger partial charge in [-0.15, -0.1) is 0 Å². The molecule has 0 heterocycles. The first kappa shape index (κ1) is 22.7. The number of fused-ring (bicyclic) bond motifs is 1. The van der Waals surface area contributed by atoms with E-state index in [4.69, 9.17) is 0 Å². The van der Waals surface area contributed by atoms with Gasteiger partial charge in [-0.05, 0) is 69.8 Å². The van der Waals surface area contributed by atoms with E-state index in [1.165, 1.54) is 5.56 Å². The molecule has 1 nitrogen and oxygen atoms in total. The van der Waals surface area contributed by atoms with Gasteiger partial charge in [0.2, 0.25) is 0 Å². The Hall–Kier alpha value is -3.48. The minimum absolute atomic E-state index is 0.242. The van der Waals surface area contributed by atoms with Crippen molar-refractivity contribution in [1.82, 2.24) is 0 Å². The molecule has 33 heavy (non-hydrogen) atoms. The quantitative estimate of drug-likeness (QED) is 0.263. The average Bonchev–Trinajstić information content (AvgIpc) is 2.75. The fourth-order valence-electron chi connectivity index (χ4n) is 3.84. The van der Waals surface area contributed by atoms with Crippen LogP contribution in [-0.2, 0) is 6.42 Å². The second-order valence-corrected chi connectivity index (χ2v) is 7.61. The van der Waals surface area contributed by atoms with Crippen LogP contribution in [0.15, 0.2) is 60.7 Å². The molecule has 0 atom stereocenters. The molecule has 4 aromatic carbocycles. The van der Waals surface area contributed by atoms with E-state index in [0.29, 0.717) is 17.7 Å². The zero-order chi connectivity index (χ0) is 23.7. The first-order valence-electron chi connectivity index (χ1n) is 10.2. The molecule has 0 aliphatic carbocycles. The summed E-state index contributed by atoms with van der Waals surface area (Å²) in [5.41, 5.74) is 0.851. The van der Waals surface area contributed by atoms with Crippen molar-refractivity contribution in [3.63, 3.8) is 0 Å². The number of alkyl halides is 2. The van der Waals surface area contributed by atoms with Crippen LogP contribution in [0.25, 0.3) is 33.0 Å². The van der Waals surface area contributed by atoms with Crippen LogP contribution in [0.2, 0.25) is 0 Å². The Kier molecular flexibility index (Phi) is 6.31. The third-order valence-electron chi connectivity index (χ3n) is 5.31. The van der Waals surface area contributed by atoms with Gasteiger partial charge in [0.25, 0.3) is 0 Å². The molecule has 0 bridgehead atoms. The maximum Gasteiger partial charge on any atom is 0.387 e. The smallest absolute Gasteiger partial charge is 0.387 e. The highest BCUT2D eigenvalue weighted by Gasteiger charge is 2.21. The molecular weight excluding hydrogens is 442 g/mol. The minimum atomic E-state index is -3.45. The third-order valence-corrected chi connectivity index (χ3v) is 5.31. The Morgan fingerprint density at radius 2 is 1.24 bits per heavy atom. The molecule has 0 saturated heterocycles. The van der Waals surface area contributed by atoms with E-state index >= 15 is 0 Å². The van der Waals surface area contributed by atoms with E-state index in [1.807, 2.05) is 18.2 Å². The van der Waals surface area contributed by atoms with E-state index in [0.717, 1.165) is 35.7 Å². The van der Waals surface area contributed by atoms with Crippen molar-refractivity contribution < 1.29 is 31.1 Å². The molecule has 0 N–H and O–H groups in total. The van der Waals surface area contributed by atoms with Gasteiger partial charge in [0.15, 0.2) is 17.4 Å². The van der Waals surface area contributed by atoms with Gasteiger partial charge in [-0.1, -0.05) is 43.7 Å². The van der Waals surface area contributed by atoms with Gasteiger partial charge in [0.05, 0.1) is 5.56 Å². The van der Waals surface area contributed by atoms with Crippen molar-refractivity contribution in [2.24, 2.45) is 0 Å². The summed E-state index contributed by atoms with van der Waals surface area (Å²) in [5, 5.41) is 1.90. The number of hydrogen-bond donors (Lipinski definition) is 0. The predicted octanol–water partition coefficient (Wildman–Crippen LogP) is 8.28. The van der Waals surface area contributed by atoms with Gasteiger partial charge in [-0.3, -0.25) is 0 Å². The maximum atomic E-state index is 14.9. The van der Waals surface area contributed by atoms with Crippen LogP contribution in [0.3, 0.4) is 0 Å².